The van der Waals surface area contributed by atoms with Gasteiger partial charge in [-0.25, -0.2) is 0 Å². The Balaban J connectivity index is 1.08. The quantitative estimate of drug-likeness (QED) is 0.168. The van der Waals surface area contributed by atoms with Crippen LogP contribution >= 0.6 is 11.3 Å². The Morgan fingerprint density at radius 1 is 0.327 bits per heavy atom. The van der Waals surface area contributed by atoms with Crippen LogP contribution < -0.4 is 0 Å². The normalized spacial score (nSPS) is 12.2. The molecule has 0 fully saturated rings. The second kappa shape index (κ2) is 11.3. The van der Waals surface area contributed by atoms with Crippen molar-refractivity contribution in [2.24, 2.45) is 0 Å². The summed E-state index contributed by atoms with van der Waals surface area (Å²) in [6, 6.07) is 61.5. The maximum absolute atomic E-state index is 8.83. The minimum atomic E-state index is 0.534. The number of rotatable bonds is 4. The van der Waals surface area contributed by atoms with E-state index in [1.54, 1.807) is 11.3 Å². The number of benzene rings is 9. The van der Waals surface area contributed by atoms with Crippen molar-refractivity contribution >= 4 is 63.8 Å². The maximum atomic E-state index is 8.83. The first-order chi connectivity index (χ1) is 25.1. The Kier molecular flexibility index (Phi) is 6.00. The average Bonchev–Trinajstić information content (AvgIpc) is 3.56. The highest BCUT2D eigenvalue weighted by Gasteiger charge is 2.17. The number of hydrogen-bond donors (Lipinski definition) is 0. The van der Waals surface area contributed by atoms with E-state index in [0.717, 1.165) is 32.0 Å². The van der Waals surface area contributed by atoms with Gasteiger partial charge in [-0.05, 0) is 101 Å². The third-order valence-electron chi connectivity index (χ3n) is 9.92. The van der Waals surface area contributed by atoms with E-state index in [2.05, 4.69) is 146 Å². The van der Waals surface area contributed by atoms with E-state index < -0.39 is 0 Å². The zero-order valence-electron chi connectivity index (χ0n) is 28.6. The molecule has 1 heterocycles. The summed E-state index contributed by atoms with van der Waals surface area (Å²) in [5, 5.41) is 9.52. The SMILES string of the molecule is [2H]c1ccc2cc(-c3ccc(-c4c5ccccc5c(-c5ccc(-c6cc([2H])c7sc8ccccc8c7c6)cc5)c5ccccc45)cc3)ccc2c1. The molecule has 0 amide bonds. The van der Waals surface area contributed by atoms with E-state index in [4.69, 9.17) is 2.74 Å². The molecule has 0 bridgehead atoms. The molecule has 9 aromatic carbocycles. The van der Waals surface area contributed by atoms with Crippen molar-refractivity contribution in [2.75, 3.05) is 0 Å². The first-order valence-electron chi connectivity index (χ1n) is 17.7. The van der Waals surface area contributed by atoms with Crippen molar-refractivity contribution in [2.45, 2.75) is 0 Å². The predicted molar refractivity (Wildman–Crippen MR) is 214 cm³/mol. The number of fused-ring (bicyclic) bond motifs is 6. The monoisotopic (exact) mass is 640 g/mol. The highest BCUT2D eigenvalue weighted by molar-refractivity contribution is 7.25. The Morgan fingerprint density at radius 2 is 0.837 bits per heavy atom. The van der Waals surface area contributed by atoms with Gasteiger partial charge in [0.05, 0.1) is 2.74 Å². The lowest BCUT2D eigenvalue weighted by molar-refractivity contribution is 1.62. The lowest BCUT2D eigenvalue weighted by Gasteiger charge is -2.18. The molecule has 1 aromatic heterocycles. The molecule has 1 heteroatoms. The Hall–Kier alpha value is -6.02. The molecule has 10 aromatic rings. The van der Waals surface area contributed by atoms with Gasteiger partial charge in [0, 0.05) is 20.2 Å². The van der Waals surface area contributed by atoms with Crippen LogP contribution in [-0.2, 0) is 0 Å². The fourth-order valence-electron chi connectivity index (χ4n) is 7.54. The molecule has 49 heavy (non-hydrogen) atoms. The minimum absolute atomic E-state index is 0.534. The third kappa shape index (κ3) is 4.66. The molecule has 0 N–H and O–H groups in total. The van der Waals surface area contributed by atoms with Crippen molar-refractivity contribution < 1.29 is 2.74 Å². The summed E-state index contributed by atoms with van der Waals surface area (Å²) in [6.07, 6.45) is 0. The van der Waals surface area contributed by atoms with Gasteiger partial charge < -0.3 is 0 Å². The molecular formula is C48H30S. The molecule has 0 saturated heterocycles. The zero-order valence-corrected chi connectivity index (χ0v) is 27.4. The van der Waals surface area contributed by atoms with Gasteiger partial charge in [-0.1, -0.05) is 158 Å². The average molecular weight is 641 g/mol. The van der Waals surface area contributed by atoms with E-state index in [-0.39, 0.29) is 0 Å². The fraction of sp³-hybridized carbons (Fsp3) is 0. The van der Waals surface area contributed by atoms with Crippen LogP contribution in [0.25, 0.3) is 97.0 Å². The smallest absolute Gasteiger partial charge is 0.0638 e. The van der Waals surface area contributed by atoms with Crippen LogP contribution in [0.1, 0.15) is 2.74 Å². The third-order valence-corrected chi connectivity index (χ3v) is 11.0. The van der Waals surface area contributed by atoms with Gasteiger partial charge in [-0.15, -0.1) is 11.3 Å². The van der Waals surface area contributed by atoms with Crippen molar-refractivity contribution in [1.82, 2.24) is 0 Å². The standard InChI is InChI=1S/C48H30S/c1-2-10-36-29-37(26-21-31(36)9-1)32-17-22-34(23-18-32)47-40-12-3-5-14-42(40)48(43-15-6-4-13-41(43)47)35-24-19-33(20-25-35)38-27-28-46-44(30-38)39-11-7-8-16-45(39)49-46/h1-30H/i1D,28D. The van der Waals surface area contributed by atoms with Crippen LogP contribution in [0.5, 0.6) is 0 Å². The molecule has 0 spiro atoms. The van der Waals surface area contributed by atoms with Gasteiger partial charge in [0.2, 0.25) is 0 Å². The molecule has 0 radical (unpaired) electrons. The molecule has 0 atom stereocenters. The summed E-state index contributed by atoms with van der Waals surface area (Å²) in [7, 11) is 0. The highest BCUT2D eigenvalue weighted by atomic mass is 32.1. The summed E-state index contributed by atoms with van der Waals surface area (Å²) >= 11 is 1.70. The van der Waals surface area contributed by atoms with Crippen LogP contribution in [-0.4, -0.2) is 0 Å². The number of hydrogen-bond acceptors (Lipinski definition) is 1. The van der Waals surface area contributed by atoms with E-state index in [1.165, 1.54) is 65.0 Å². The topological polar surface area (TPSA) is 0 Å². The van der Waals surface area contributed by atoms with Gasteiger partial charge in [0.15, 0.2) is 0 Å². The molecule has 0 aliphatic carbocycles. The van der Waals surface area contributed by atoms with Crippen LogP contribution in [0.4, 0.5) is 0 Å². The molecule has 0 nitrogen and oxygen atoms in total. The maximum Gasteiger partial charge on any atom is 0.0638 e. The Bertz CT molecular complexity index is 2910. The van der Waals surface area contributed by atoms with Crippen molar-refractivity contribution in [1.29, 1.82) is 0 Å². The number of thiophene rings is 1. The molecule has 0 unspecified atom stereocenters. The van der Waals surface area contributed by atoms with Crippen LogP contribution in [0, 0.1) is 0 Å². The van der Waals surface area contributed by atoms with Crippen LogP contribution in [0.3, 0.4) is 0 Å². The summed E-state index contributed by atoms with van der Waals surface area (Å²) in [4.78, 5) is 0. The predicted octanol–water partition coefficient (Wildman–Crippen LogP) is 14.2. The first-order valence-corrected chi connectivity index (χ1v) is 17.5. The van der Waals surface area contributed by atoms with Crippen LogP contribution in [0.15, 0.2) is 182 Å². The molecule has 10 rings (SSSR count). The van der Waals surface area contributed by atoms with Gasteiger partial charge >= 0.3 is 0 Å². The van der Waals surface area contributed by atoms with Crippen LogP contribution in [0.2, 0.25) is 0 Å². The Morgan fingerprint density at radius 3 is 1.45 bits per heavy atom. The lowest BCUT2D eigenvalue weighted by Crippen LogP contribution is -1.91. The fourth-order valence-corrected chi connectivity index (χ4v) is 8.59. The second-order valence-electron chi connectivity index (χ2n) is 12.7. The molecular weight excluding hydrogens is 609 g/mol. The van der Waals surface area contributed by atoms with Crippen molar-refractivity contribution in [3.63, 3.8) is 0 Å². The van der Waals surface area contributed by atoms with E-state index >= 15 is 0 Å². The molecule has 0 aliphatic heterocycles. The zero-order chi connectivity index (χ0) is 34.1. The van der Waals surface area contributed by atoms with E-state index in [0.29, 0.717) is 12.1 Å². The summed E-state index contributed by atoms with van der Waals surface area (Å²) in [5.41, 5.74) is 9.37. The van der Waals surface area contributed by atoms with Gasteiger partial charge in [-0.2, -0.15) is 0 Å². The second-order valence-corrected chi connectivity index (χ2v) is 13.8. The van der Waals surface area contributed by atoms with E-state index in [1.807, 2.05) is 24.3 Å². The van der Waals surface area contributed by atoms with Gasteiger partial charge in [0.1, 0.15) is 0 Å². The van der Waals surface area contributed by atoms with Crippen molar-refractivity contribution in [3.8, 4) is 44.5 Å². The van der Waals surface area contributed by atoms with Gasteiger partial charge in [-0.3, -0.25) is 0 Å². The van der Waals surface area contributed by atoms with Gasteiger partial charge in [0.25, 0.3) is 0 Å². The first kappa shape index (κ1) is 26.0. The summed E-state index contributed by atoms with van der Waals surface area (Å²) in [5.74, 6) is 0. The lowest BCUT2D eigenvalue weighted by atomic mass is 9.85. The summed E-state index contributed by atoms with van der Waals surface area (Å²) < 4.78 is 19.1. The summed E-state index contributed by atoms with van der Waals surface area (Å²) in [6.45, 7) is 0. The molecule has 0 aliphatic rings. The Labute approximate surface area is 292 Å². The van der Waals surface area contributed by atoms with E-state index in [9.17, 15) is 0 Å². The minimum Gasteiger partial charge on any atom is -0.135 e. The van der Waals surface area contributed by atoms with Crippen molar-refractivity contribution in [3.05, 3.63) is 182 Å². The highest BCUT2D eigenvalue weighted by Crippen LogP contribution is 2.44. The molecule has 228 valence electrons. The largest absolute Gasteiger partial charge is 0.135 e. The molecule has 0 saturated carbocycles.